The molecule has 0 fully saturated rings. The standard InChI is InChI=1S/C17H24N2O7/c1-6-25-15-8-13(19(22)23)12(7-14(15)24-5)17(21)26-9-16(20)18-11(4)10(2)3/h7-8,10-11H,6,9H2,1-5H3,(H,18,20)/t11-/m1/s1. The van der Waals surface area contributed by atoms with Gasteiger partial charge in [-0.25, -0.2) is 4.79 Å². The van der Waals surface area contributed by atoms with E-state index in [1.54, 1.807) is 6.92 Å². The molecule has 26 heavy (non-hydrogen) atoms. The third kappa shape index (κ3) is 5.61. The molecule has 1 aromatic carbocycles. The van der Waals surface area contributed by atoms with Gasteiger partial charge in [0.1, 0.15) is 5.56 Å². The zero-order chi connectivity index (χ0) is 19.9. The zero-order valence-corrected chi connectivity index (χ0v) is 15.5. The lowest BCUT2D eigenvalue weighted by atomic mass is 10.1. The number of methoxy groups -OCH3 is 1. The predicted molar refractivity (Wildman–Crippen MR) is 93.5 cm³/mol. The summed E-state index contributed by atoms with van der Waals surface area (Å²) in [5, 5.41) is 13.9. The van der Waals surface area contributed by atoms with Gasteiger partial charge in [-0.05, 0) is 19.8 Å². The number of nitro groups is 1. The molecule has 9 heteroatoms. The lowest BCUT2D eigenvalue weighted by Crippen LogP contribution is -2.38. The van der Waals surface area contributed by atoms with E-state index in [-0.39, 0.29) is 35.6 Å². The van der Waals surface area contributed by atoms with Crippen LogP contribution in [0.3, 0.4) is 0 Å². The second-order valence-electron chi connectivity index (χ2n) is 5.89. The van der Waals surface area contributed by atoms with Gasteiger partial charge in [0.25, 0.3) is 11.6 Å². The average molecular weight is 368 g/mol. The van der Waals surface area contributed by atoms with E-state index in [4.69, 9.17) is 14.2 Å². The van der Waals surface area contributed by atoms with Crippen LogP contribution in [0.5, 0.6) is 11.5 Å². The minimum Gasteiger partial charge on any atom is -0.493 e. The molecule has 0 radical (unpaired) electrons. The number of nitrogens with one attached hydrogen (secondary N) is 1. The van der Waals surface area contributed by atoms with Crippen LogP contribution in [0.15, 0.2) is 12.1 Å². The Balaban J connectivity index is 2.97. The van der Waals surface area contributed by atoms with E-state index in [0.29, 0.717) is 0 Å². The maximum Gasteiger partial charge on any atom is 0.345 e. The largest absolute Gasteiger partial charge is 0.493 e. The van der Waals surface area contributed by atoms with E-state index in [9.17, 15) is 19.7 Å². The van der Waals surface area contributed by atoms with Gasteiger partial charge in [0, 0.05) is 12.1 Å². The minimum absolute atomic E-state index is 0.0962. The minimum atomic E-state index is -0.995. The molecule has 0 saturated heterocycles. The number of nitro benzene ring substituents is 1. The van der Waals surface area contributed by atoms with Crippen molar-refractivity contribution in [2.45, 2.75) is 33.7 Å². The van der Waals surface area contributed by atoms with Crippen LogP contribution in [0.1, 0.15) is 38.1 Å². The van der Waals surface area contributed by atoms with Crippen LogP contribution in [0.2, 0.25) is 0 Å². The summed E-state index contributed by atoms with van der Waals surface area (Å²) in [4.78, 5) is 34.6. The molecule has 0 aliphatic carbocycles. The van der Waals surface area contributed by atoms with Crippen LogP contribution in [0, 0.1) is 16.0 Å². The Labute approximate surface area is 151 Å². The van der Waals surface area contributed by atoms with Crippen LogP contribution in [-0.2, 0) is 9.53 Å². The van der Waals surface area contributed by atoms with Crippen LogP contribution in [0.25, 0.3) is 0 Å². The lowest BCUT2D eigenvalue weighted by Gasteiger charge is -2.17. The number of hydrogen-bond donors (Lipinski definition) is 1. The molecular formula is C17H24N2O7. The maximum absolute atomic E-state index is 12.2. The number of rotatable bonds is 9. The van der Waals surface area contributed by atoms with Gasteiger partial charge in [0.2, 0.25) is 0 Å². The SMILES string of the molecule is CCOc1cc([N+](=O)[O-])c(C(=O)OCC(=O)N[C@H](C)C(C)C)cc1OC. The van der Waals surface area contributed by atoms with Crippen molar-refractivity contribution in [2.75, 3.05) is 20.3 Å². The quantitative estimate of drug-likeness (QED) is 0.404. The summed E-state index contributed by atoms with van der Waals surface area (Å²) in [5.41, 5.74) is -0.810. The molecule has 1 N–H and O–H groups in total. The number of carbonyl (C=O) groups excluding carboxylic acids is 2. The smallest absolute Gasteiger partial charge is 0.345 e. The first kappa shape index (κ1) is 21.2. The molecule has 0 spiro atoms. The lowest BCUT2D eigenvalue weighted by molar-refractivity contribution is -0.385. The second kappa shape index (κ2) is 9.59. The van der Waals surface area contributed by atoms with Crippen molar-refractivity contribution in [3.05, 3.63) is 27.8 Å². The third-order valence-corrected chi connectivity index (χ3v) is 3.72. The predicted octanol–water partition coefficient (Wildman–Crippen LogP) is 2.32. The summed E-state index contributed by atoms with van der Waals surface area (Å²) in [7, 11) is 1.35. The third-order valence-electron chi connectivity index (χ3n) is 3.72. The number of ether oxygens (including phenoxy) is 3. The number of amides is 1. The highest BCUT2D eigenvalue weighted by molar-refractivity contribution is 5.96. The first-order valence-electron chi connectivity index (χ1n) is 8.16. The normalized spacial score (nSPS) is 11.6. The van der Waals surface area contributed by atoms with E-state index in [1.165, 1.54) is 13.2 Å². The summed E-state index contributed by atoms with van der Waals surface area (Å²) < 4.78 is 15.3. The van der Waals surface area contributed by atoms with E-state index < -0.39 is 29.1 Å². The maximum atomic E-state index is 12.2. The Kier molecular flexibility index (Phi) is 7.82. The van der Waals surface area contributed by atoms with E-state index >= 15 is 0 Å². The highest BCUT2D eigenvalue weighted by atomic mass is 16.6. The molecule has 0 aliphatic heterocycles. The summed E-state index contributed by atoms with van der Waals surface area (Å²) in [6.07, 6.45) is 0. The summed E-state index contributed by atoms with van der Waals surface area (Å²) in [5.74, 6) is -0.972. The Morgan fingerprint density at radius 1 is 1.23 bits per heavy atom. The van der Waals surface area contributed by atoms with E-state index in [1.807, 2.05) is 20.8 Å². The molecule has 0 bridgehead atoms. The molecule has 1 amide bonds. The van der Waals surface area contributed by atoms with Gasteiger partial charge in [-0.1, -0.05) is 13.8 Å². The number of carbonyl (C=O) groups is 2. The molecule has 0 heterocycles. The van der Waals surface area contributed by atoms with Crippen molar-refractivity contribution < 1.29 is 28.7 Å². The Bertz CT molecular complexity index is 673. The van der Waals surface area contributed by atoms with Crippen LogP contribution in [-0.4, -0.2) is 43.2 Å². The van der Waals surface area contributed by atoms with Gasteiger partial charge in [0.15, 0.2) is 18.1 Å². The van der Waals surface area contributed by atoms with Crippen LogP contribution < -0.4 is 14.8 Å². The van der Waals surface area contributed by atoms with Crippen molar-refractivity contribution >= 4 is 17.6 Å². The number of benzene rings is 1. The Hall–Kier alpha value is -2.84. The molecule has 0 saturated carbocycles. The molecule has 9 nitrogen and oxygen atoms in total. The van der Waals surface area contributed by atoms with Gasteiger partial charge in [0.05, 0.1) is 24.7 Å². The Morgan fingerprint density at radius 2 is 1.88 bits per heavy atom. The van der Waals surface area contributed by atoms with Gasteiger partial charge < -0.3 is 19.5 Å². The summed E-state index contributed by atoms with van der Waals surface area (Å²) in [6, 6.07) is 2.17. The van der Waals surface area contributed by atoms with E-state index in [0.717, 1.165) is 6.07 Å². The number of nitrogens with zero attached hydrogens (tertiary/aromatic N) is 1. The fourth-order valence-corrected chi connectivity index (χ4v) is 1.96. The van der Waals surface area contributed by atoms with Gasteiger partial charge in [-0.3, -0.25) is 14.9 Å². The van der Waals surface area contributed by atoms with Crippen LogP contribution in [0.4, 0.5) is 5.69 Å². The molecule has 1 atom stereocenters. The topological polar surface area (TPSA) is 117 Å². The van der Waals surface area contributed by atoms with Gasteiger partial charge in [-0.15, -0.1) is 0 Å². The number of esters is 1. The van der Waals surface area contributed by atoms with Gasteiger partial charge in [-0.2, -0.15) is 0 Å². The van der Waals surface area contributed by atoms with Crippen LogP contribution >= 0.6 is 0 Å². The second-order valence-corrected chi connectivity index (χ2v) is 5.89. The molecule has 0 unspecified atom stereocenters. The molecule has 0 aromatic heterocycles. The first-order chi connectivity index (χ1) is 12.2. The van der Waals surface area contributed by atoms with Crippen molar-refractivity contribution in [3.8, 4) is 11.5 Å². The monoisotopic (exact) mass is 368 g/mol. The molecule has 144 valence electrons. The zero-order valence-electron chi connectivity index (χ0n) is 15.5. The molecule has 1 rings (SSSR count). The fourth-order valence-electron chi connectivity index (χ4n) is 1.96. The van der Waals surface area contributed by atoms with E-state index in [2.05, 4.69) is 5.32 Å². The summed E-state index contributed by atoms with van der Waals surface area (Å²) >= 11 is 0. The summed E-state index contributed by atoms with van der Waals surface area (Å²) in [6.45, 7) is 7.14. The molecular weight excluding hydrogens is 344 g/mol. The van der Waals surface area contributed by atoms with Crippen molar-refractivity contribution in [3.63, 3.8) is 0 Å². The van der Waals surface area contributed by atoms with Gasteiger partial charge >= 0.3 is 5.97 Å². The fraction of sp³-hybridized carbons (Fsp3) is 0.529. The van der Waals surface area contributed by atoms with Crippen molar-refractivity contribution in [1.29, 1.82) is 0 Å². The highest BCUT2D eigenvalue weighted by Gasteiger charge is 2.26. The Morgan fingerprint density at radius 3 is 2.38 bits per heavy atom. The molecule has 0 aliphatic rings. The van der Waals surface area contributed by atoms with Crippen molar-refractivity contribution in [2.24, 2.45) is 5.92 Å². The average Bonchev–Trinajstić information content (AvgIpc) is 2.59. The van der Waals surface area contributed by atoms with Crippen molar-refractivity contribution in [1.82, 2.24) is 5.32 Å². The highest BCUT2D eigenvalue weighted by Crippen LogP contribution is 2.35. The molecule has 1 aromatic rings. The number of hydrogen-bond acceptors (Lipinski definition) is 7. The first-order valence-corrected chi connectivity index (χ1v) is 8.16.